The molecule has 2 fully saturated rings. The van der Waals surface area contributed by atoms with Gasteiger partial charge in [-0.15, -0.1) is 0 Å². The fourth-order valence-corrected chi connectivity index (χ4v) is 6.71. The normalized spacial score (nSPS) is 17.2. The Labute approximate surface area is 266 Å². The number of likely N-dealkylation sites (N-methyl/N-ethyl adjacent to an activating group) is 1. The highest BCUT2D eigenvalue weighted by Crippen LogP contribution is 2.35. The van der Waals surface area contributed by atoms with Crippen LogP contribution in [0.25, 0.3) is 0 Å². The van der Waals surface area contributed by atoms with E-state index in [1.54, 1.807) is 6.07 Å². The van der Waals surface area contributed by atoms with Crippen molar-refractivity contribution in [3.63, 3.8) is 0 Å². The average molecular weight is 694 g/mol. The lowest BCUT2D eigenvalue weighted by Gasteiger charge is -2.33. The van der Waals surface area contributed by atoms with Crippen LogP contribution in [0.3, 0.4) is 0 Å². The SMILES string of the molecule is CN1CCN(CCNC(=O)NC2CCN(S(=O)(=O)c3cc(C#N)ccc3Oc3cc(Cl)cc(Cl)c3)CC2)CC1.O=P(O)(O)O. The minimum Gasteiger partial charge on any atom is -0.456 e. The second-order valence-electron chi connectivity index (χ2n) is 10.2. The third-order valence-electron chi connectivity index (χ3n) is 6.85. The van der Waals surface area contributed by atoms with Crippen molar-refractivity contribution in [2.24, 2.45) is 0 Å². The lowest BCUT2D eigenvalue weighted by atomic mass is 10.1. The number of piperazine rings is 1. The van der Waals surface area contributed by atoms with Crippen LogP contribution < -0.4 is 15.4 Å². The summed E-state index contributed by atoms with van der Waals surface area (Å²) in [4.78, 5) is 38.4. The van der Waals surface area contributed by atoms with Crippen LogP contribution in [-0.4, -0.2) is 109 Å². The first-order valence-electron chi connectivity index (χ1n) is 13.6. The van der Waals surface area contributed by atoms with Crippen molar-refractivity contribution in [3.8, 4) is 17.6 Å². The number of ether oxygens (including phenoxy) is 1. The maximum Gasteiger partial charge on any atom is 0.466 e. The van der Waals surface area contributed by atoms with Crippen molar-refractivity contribution in [3.05, 3.63) is 52.0 Å². The fourth-order valence-electron chi connectivity index (χ4n) is 4.59. The van der Waals surface area contributed by atoms with E-state index in [2.05, 4.69) is 27.5 Å². The quantitative estimate of drug-likeness (QED) is 0.255. The summed E-state index contributed by atoms with van der Waals surface area (Å²) in [5.74, 6) is 0.336. The summed E-state index contributed by atoms with van der Waals surface area (Å²) in [5.41, 5.74) is 0.190. The Bertz CT molecular complexity index is 1460. The topological polar surface area (TPSA) is 196 Å². The molecule has 0 radical (unpaired) electrons. The second kappa shape index (κ2) is 16.2. The molecule has 4 rings (SSSR count). The number of benzene rings is 2. The number of sulfonamides is 1. The van der Waals surface area contributed by atoms with Gasteiger partial charge in [-0.05, 0) is 56.3 Å². The molecule has 0 unspecified atom stereocenters. The van der Waals surface area contributed by atoms with Gasteiger partial charge in [0.1, 0.15) is 16.4 Å². The predicted octanol–water partition coefficient (Wildman–Crippen LogP) is 2.43. The number of rotatable bonds is 8. The van der Waals surface area contributed by atoms with Gasteiger partial charge in [-0.2, -0.15) is 9.57 Å². The van der Waals surface area contributed by atoms with Crippen molar-refractivity contribution in [2.75, 3.05) is 59.4 Å². The molecule has 2 aromatic rings. The summed E-state index contributed by atoms with van der Waals surface area (Å²) in [7, 11) is -6.53. The zero-order valence-corrected chi connectivity index (χ0v) is 27.1. The number of nitriles is 1. The Morgan fingerprint density at radius 1 is 1.05 bits per heavy atom. The van der Waals surface area contributed by atoms with Crippen LogP contribution in [0.4, 0.5) is 4.79 Å². The maximum atomic E-state index is 13.6. The zero-order chi connectivity index (χ0) is 32.5. The van der Waals surface area contributed by atoms with Gasteiger partial charge in [0.2, 0.25) is 10.0 Å². The standard InChI is InChI=1S/C26H32Cl2N6O4S.H3O4P/c1-32-10-12-33(13-11-32)9-6-30-26(35)31-22-4-7-34(8-5-22)39(36,37)25-14-19(18-29)2-3-24(25)38-23-16-20(27)15-21(28)17-23;1-5(2,3)4/h2-3,14-17,22H,4-13H2,1H3,(H2,30,31,35);(H3,1,2,3,4). The van der Waals surface area contributed by atoms with E-state index in [-0.39, 0.29) is 47.1 Å². The molecule has 2 saturated heterocycles. The first-order valence-corrected chi connectivity index (χ1v) is 17.3. The molecule has 14 nitrogen and oxygen atoms in total. The number of nitrogens with one attached hydrogen (secondary N) is 2. The summed E-state index contributed by atoms with van der Waals surface area (Å²) in [6.45, 7) is 5.81. The van der Waals surface area contributed by atoms with Gasteiger partial charge in [-0.25, -0.2) is 17.8 Å². The number of hydrogen-bond acceptors (Lipinski definition) is 8. The Balaban J connectivity index is 0.000000978. The molecular weight excluding hydrogens is 658 g/mol. The summed E-state index contributed by atoms with van der Waals surface area (Å²) in [5, 5.41) is 15.9. The fraction of sp³-hybridized carbons (Fsp3) is 0.462. The molecule has 2 aliphatic heterocycles. The summed E-state index contributed by atoms with van der Waals surface area (Å²) in [6, 6.07) is 10.4. The summed E-state index contributed by atoms with van der Waals surface area (Å²) < 4.78 is 43.3. The summed E-state index contributed by atoms with van der Waals surface area (Å²) in [6.07, 6.45) is 0.923. The van der Waals surface area contributed by atoms with Crippen molar-refractivity contribution in [2.45, 2.75) is 23.8 Å². The molecule has 2 amide bonds. The van der Waals surface area contributed by atoms with E-state index < -0.39 is 17.8 Å². The number of amides is 2. The van der Waals surface area contributed by atoms with E-state index in [4.69, 9.17) is 47.2 Å². The van der Waals surface area contributed by atoms with Crippen LogP contribution in [0, 0.1) is 11.3 Å². The predicted molar refractivity (Wildman–Crippen MR) is 164 cm³/mol. The Morgan fingerprint density at radius 2 is 1.64 bits per heavy atom. The molecule has 0 aliphatic carbocycles. The molecule has 242 valence electrons. The molecule has 44 heavy (non-hydrogen) atoms. The molecule has 0 atom stereocenters. The monoisotopic (exact) mass is 692 g/mol. The van der Waals surface area contributed by atoms with Crippen LogP contribution in [0.1, 0.15) is 18.4 Å². The average Bonchev–Trinajstić information content (AvgIpc) is 2.93. The van der Waals surface area contributed by atoms with E-state index in [9.17, 15) is 18.5 Å². The van der Waals surface area contributed by atoms with Crippen LogP contribution >= 0.6 is 31.0 Å². The Hall–Kier alpha value is -2.48. The molecule has 2 heterocycles. The lowest BCUT2D eigenvalue weighted by molar-refractivity contribution is 0.154. The van der Waals surface area contributed by atoms with Gasteiger partial charge in [-0.3, -0.25) is 4.90 Å². The molecule has 2 aromatic carbocycles. The first-order chi connectivity index (χ1) is 20.6. The summed E-state index contributed by atoms with van der Waals surface area (Å²) >= 11 is 12.1. The number of piperidine rings is 1. The third-order valence-corrected chi connectivity index (χ3v) is 9.21. The minimum atomic E-state index is -4.64. The highest BCUT2D eigenvalue weighted by atomic mass is 35.5. The minimum absolute atomic E-state index is 0.0623. The van der Waals surface area contributed by atoms with Gasteiger partial charge in [0.05, 0.1) is 11.6 Å². The molecule has 18 heteroatoms. The smallest absolute Gasteiger partial charge is 0.456 e. The van der Waals surface area contributed by atoms with Crippen LogP contribution in [-0.2, 0) is 14.6 Å². The van der Waals surface area contributed by atoms with Gasteiger partial charge < -0.3 is 35.0 Å². The van der Waals surface area contributed by atoms with Gasteiger partial charge in [0, 0.05) is 68.4 Å². The number of hydrogen-bond donors (Lipinski definition) is 5. The molecular formula is C26H35Cl2N6O8PS. The van der Waals surface area contributed by atoms with Crippen molar-refractivity contribution in [1.29, 1.82) is 5.26 Å². The highest BCUT2D eigenvalue weighted by Gasteiger charge is 2.32. The number of carbonyl (C=O) groups is 1. The molecule has 0 spiro atoms. The van der Waals surface area contributed by atoms with Gasteiger partial charge in [-0.1, -0.05) is 23.2 Å². The molecule has 0 saturated carbocycles. The zero-order valence-electron chi connectivity index (χ0n) is 23.9. The molecule has 5 N–H and O–H groups in total. The number of carbonyl (C=O) groups excluding carboxylic acids is 1. The first kappa shape index (κ1) is 36.0. The Morgan fingerprint density at radius 3 is 2.20 bits per heavy atom. The number of nitrogens with zero attached hydrogens (tertiary/aromatic N) is 4. The van der Waals surface area contributed by atoms with E-state index in [1.165, 1.54) is 34.6 Å². The molecule has 0 aromatic heterocycles. The third kappa shape index (κ3) is 11.8. The van der Waals surface area contributed by atoms with E-state index in [0.29, 0.717) is 29.4 Å². The number of phosphoric acid groups is 1. The second-order valence-corrected chi connectivity index (χ2v) is 14.0. The van der Waals surface area contributed by atoms with Crippen LogP contribution in [0.15, 0.2) is 41.3 Å². The van der Waals surface area contributed by atoms with Gasteiger partial charge in [0.15, 0.2) is 0 Å². The maximum absolute atomic E-state index is 13.6. The van der Waals surface area contributed by atoms with Gasteiger partial charge >= 0.3 is 13.9 Å². The Kier molecular flexibility index (Phi) is 13.2. The molecule has 2 aliphatic rings. The highest BCUT2D eigenvalue weighted by molar-refractivity contribution is 7.89. The van der Waals surface area contributed by atoms with Crippen molar-refractivity contribution in [1.82, 2.24) is 24.7 Å². The molecule has 0 bridgehead atoms. The largest absolute Gasteiger partial charge is 0.466 e. The van der Waals surface area contributed by atoms with Crippen molar-refractivity contribution < 1.29 is 37.2 Å². The van der Waals surface area contributed by atoms with E-state index in [0.717, 1.165) is 32.7 Å². The number of urea groups is 1. The lowest BCUT2D eigenvalue weighted by Crippen LogP contribution is -2.51. The van der Waals surface area contributed by atoms with Crippen LogP contribution in [0.2, 0.25) is 10.0 Å². The number of halogens is 2. The van der Waals surface area contributed by atoms with Gasteiger partial charge in [0.25, 0.3) is 0 Å². The van der Waals surface area contributed by atoms with E-state index in [1.807, 2.05) is 6.07 Å². The van der Waals surface area contributed by atoms with Crippen molar-refractivity contribution >= 4 is 47.1 Å². The van der Waals surface area contributed by atoms with E-state index >= 15 is 0 Å². The van der Waals surface area contributed by atoms with Crippen LogP contribution in [0.5, 0.6) is 11.5 Å².